The van der Waals surface area contributed by atoms with E-state index in [1.807, 2.05) is 30.5 Å². The first-order valence-corrected chi connectivity index (χ1v) is 6.54. The van der Waals surface area contributed by atoms with Crippen molar-refractivity contribution in [2.24, 2.45) is 5.92 Å². The first-order chi connectivity index (χ1) is 8.66. The molecule has 2 rings (SSSR count). The van der Waals surface area contributed by atoms with Gasteiger partial charge in [-0.05, 0) is 24.6 Å². The Morgan fingerprint density at radius 1 is 1.33 bits per heavy atom. The fourth-order valence-electron chi connectivity index (χ4n) is 1.73. The van der Waals surface area contributed by atoms with Crippen LogP contribution in [0.15, 0.2) is 30.5 Å². The molecular weight excluding hydrogens is 246 g/mol. The Morgan fingerprint density at radius 2 is 2.11 bits per heavy atom. The van der Waals surface area contributed by atoms with Crippen LogP contribution in [-0.4, -0.2) is 16.5 Å². The van der Waals surface area contributed by atoms with Crippen molar-refractivity contribution in [1.82, 2.24) is 15.3 Å². The minimum Gasteiger partial charge on any atom is -0.341 e. The quantitative estimate of drug-likeness (QED) is 0.867. The van der Waals surface area contributed by atoms with Gasteiger partial charge in [0, 0.05) is 24.0 Å². The van der Waals surface area contributed by atoms with E-state index in [0.29, 0.717) is 10.9 Å². The second-order valence-electron chi connectivity index (χ2n) is 4.76. The van der Waals surface area contributed by atoms with Gasteiger partial charge in [-0.3, -0.25) is 0 Å². The summed E-state index contributed by atoms with van der Waals surface area (Å²) in [4.78, 5) is 7.65. The molecule has 0 spiro atoms. The molecule has 0 aliphatic heterocycles. The van der Waals surface area contributed by atoms with Crippen molar-refractivity contribution in [2.45, 2.75) is 20.4 Å². The maximum atomic E-state index is 6.14. The molecule has 0 bridgehead atoms. The van der Waals surface area contributed by atoms with Gasteiger partial charge in [0.25, 0.3) is 0 Å². The second-order valence-corrected chi connectivity index (χ2v) is 5.17. The van der Waals surface area contributed by atoms with Crippen molar-refractivity contribution >= 4 is 11.6 Å². The van der Waals surface area contributed by atoms with Crippen LogP contribution in [-0.2, 0) is 6.54 Å². The van der Waals surface area contributed by atoms with Gasteiger partial charge in [-0.1, -0.05) is 37.6 Å². The molecule has 0 saturated heterocycles. The zero-order valence-corrected chi connectivity index (χ0v) is 11.5. The summed E-state index contributed by atoms with van der Waals surface area (Å²) in [6.07, 6.45) is 1.85. The number of halogens is 1. The molecule has 0 radical (unpaired) electrons. The van der Waals surface area contributed by atoms with Crippen LogP contribution in [0.4, 0.5) is 0 Å². The molecule has 0 unspecified atom stereocenters. The predicted molar refractivity (Wildman–Crippen MR) is 75.6 cm³/mol. The Labute approximate surface area is 113 Å². The molecule has 0 aliphatic carbocycles. The fourth-order valence-corrected chi connectivity index (χ4v) is 1.96. The summed E-state index contributed by atoms with van der Waals surface area (Å²) >= 11 is 6.14. The van der Waals surface area contributed by atoms with Gasteiger partial charge < -0.3 is 10.3 Å². The molecule has 18 heavy (non-hydrogen) atoms. The lowest BCUT2D eigenvalue weighted by Crippen LogP contribution is -2.19. The highest BCUT2D eigenvalue weighted by atomic mass is 35.5. The molecule has 2 N–H and O–H groups in total. The number of aromatic amines is 1. The number of hydrogen-bond donors (Lipinski definition) is 2. The van der Waals surface area contributed by atoms with Crippen molar-refractivity contribution in [3.05, 3.63) is 41.2 Å². The zero-order chi connectivity index (χ0) is 13.0. The van der Waals surface area contributed by atoms with E-state index in [1.54, 1.807) is 0 Å². The van der Waals surface area contributed by atoms with Crippen molar-refractivity contribution in [1.29, 1.82) is 0 Å². The summed E-state index contributed by atoms with van der Waals surface area (Å²) in [7, 11) is 0. The molecule has 1 heterocycles. The SMILES string of the molecule is CC(C)CNCc1cnc(-c2ccccc2Cl)[nH]1. The summed E-state index contributed by atoms with van der Waals surface area (Å²) in [5, 5.41) is 4.09. The van der Waals surface area contributed by atoms with Gasteiger partial charge in [0.1, 0.15) is 5.82 Å². The van der Waals surface area contributed by atoms with Crippen LogP contribution < -0.4 is 5.32 Å². The van der Waals surface area contributed by atoms with Crippen molar-refractivity contribution in [3.8, 4) is 11.4 Å². The van der Waals surface area contributed by atoms with Gasteiger partial charge in [0.05, 0.1) is 5.02 Å². The number of hydrogen-bond acceptors (Lipinski definition) is 2. The van der Waals surface area contributed by atoms with Crippen LogP contribution in [0.1, 0.15) is 19.5 Å². The number of benzene rings is 1. The summed E-state index contributed by atoms with van der Waals surface area (Å²) in [6.45, 7) is 6.18. The molecule has 4 heteroatoms. The fraction of sp³-hybridized carbons (Fsp3) is 0.357. The third kappa shape index (κ3) is 3.34. The summed E-state index contributed by atoms with van der Waals surface area (Å²) < 4.78 is 0. The Morgan fingerprint density at radius 3 is 2.83 bits per heavy atom. The summed E-state index contributed by atoms with van der Waals surface area (Å²) in [5.74, 6) is 1.47. The molecule has 2 aromatic rings. The molecule has 3 nitrogen and oxygen atoms in total. The van der Waals surface area contributed by atoms with Crippen LogP contribution >= 0.6 is 11.6 Å². The average molecular weight is 264 g/mol. The van der Waals surface area contributed by atoms with Crippen LogP contribution in [0.3, 0.4) is 0 Å². The lowest BCUT2D eigenvalue weighted by molar-refractivity contribution is 0.549. The topological polar surface area (TPSA) is 40.7 Å². The van der Waals surface area contributed by atoms with E-state index in [1.165, 1.54) is 0 Å². The van der Waals surface area contributed by atoms with E-state index in [0.717, 1.165) is 30.2 Å². The first-order valence-electron chi connectivity index (χ1n) is 6.16. The van der Waals surface area contributed by atoms with Crippen LogP contribution in [0, 0.1) is 5.92 Å². The lowest BCUT2D eigenvalue weighted by atomic mass is 10.2. The van der Waals surface area contributed by atoms with E-state index in [-0.39, 0.29) is 0 Å². The number of imidazole rings is 1. The summed E-state index contributed by atoms with van der Waals surface area (Å²) in [5.41, 5.74) is 2.01. The van der Waals surface area contributed by atoms with Gasteiger partial charge in [-0.25, -0.2) is 4.98 Å². The Balaban J connectivity index is 2.04. The molecule has 0 aliphatic rings. The van der Waals surface area contributed by atoms with Crippen LogP contribution in [0.5, 0.6) is 0 Å². The third-order valence-electron chi connectivity index (χ3n) is 2.63. The molecule has 0 saturated carbocycles. The average Bonchev–Trinajstić information content (AvgIpc) is 2.78. The number of aromatic nitrogens is 2. The molecule has 1 aromatic carbocycles. The maximum Gasteiger partial charge on any atom is 0.139 e. The third-order valence-corrected chi connectivity index (χ3v) is 2.96. The zero-order valence-electron chi connectivity index (χ0n) is 10.7. The van der Waals surface area contributed by atoms with Crippen LogP contribution in [0.2, 0.25) is 5.02 Å². The molecular formula is C14H18ClN3. The Kier molecular flexibility index (Phi) is 4.39. The van der Waals surface area contributed by atoms with Gasteiger partial charge >= 0.3 is 0 Å². The van der Waals surface area contributed by atoms with Gasteiger partial charge in [0.15, 0.2) is 0 Å². The molecule has 0 fully saturated rings. The Bertz CT molecular complexity index is 505. The minimum absolute atomic E-state index is 0.649. The van der Waals surface area contributed by atoms with E-state index in [4.69, 9.17) is 11.6 Å². The minimum atomic E-state index is 0.649. The highest BCUT2D eigenvalue weighted by Crippen LogP contribution is 2.24. The second kappa shape index (κ2) is 6.03. The first kappa shape index (κ1) is 13.1. The van der Waals surface area contributed by atoms with E-state index < -0.39 is 0 Å². The van der Waals surface area contributed by atoms with Gasteiger partial charge in [0.2, 0.25) is 0 Å². The number of nitrogens with one attached hydrogen (secondary N) is 2. The number of rotatable bonds is 5. The monoisotopic (exact) mass is 263 g/mol. The predicted octanol–water partition coefficient (Wildman–Crippen LogP) is 3.48. The smallest absolute Gasteiger partial charge is 0.139 e. The van der Waals surface area contributed by atoms with Crippen molar-refractivity contribution in [3.63, 3.8) is 0 Å². The maximum absolute atomic E-state index is 6.14. The van der Waals surface area contributed by atoms with Crippen molar-refractivity contribution < 1.29 is 0 Å². The van der Waals surface area contributed by atoms with Gasteiger partial charge in [-0.15, -0.1) is 0 Å². The lowest BCUT2D eigenvalue weighted by Gasteiger charge is -2.05. The molecule has 0 atom stereocenters. The van der Waals surface area contributed by atoms with E-state index in [2.05, 4.69) is 29.1 Å². The number of nitrogens with zero attached hydrogens (tertiary/aromatic N) is 1. The molecule has 96 valence electrons. The van der Waals surface area contributed by atoms with Crippen molar-refractivity contribution in [2.75, 3.05) is 6.54 Å². The normalized spacial score (nSPS) is 11.1. The largest absolute Gasteiger partial charge is 0.341 e. The Hall–Kier alpha value is -1.32. The van der Waals surface area contributed by atoms with Gasteiger partial charge in [-0.2, -0.15) is 0 Å². The van der Waals surface area contributed by atoms with Crippen LogP contribution in [0.25, 0.3) is 11.4 Å². The highest BCUT2D eigenvalue weighted by molar-refractivity contribution is 6.33. The number of H-pyrrole nitrogens is 1. The molecule has 1 aromatic heterocycles. The summed E-state index contributed by atoms with van der Waals surface area (Å²) in [6, 6.07) is 7.71. The standard InChI is InChI=1S/C14H18ClN3/c1-10(2)7-16-8-11-9-17-14(18-11)12-5-3-4-6-13(12)15/h3-6,9-10,16H,7-8H2,1-2H3,(H,17,18). The molecule has 0 amide bonds. The van der Waals surface area contributed by atoms with E-state index >= 15 is 0 Å². The van der Waals surface area contributed by atoms with E-state index in [9.17, 15) is 0 Å². The highest BCUT2D eigenvalue weighted by Gasteiger charge is 2.06.